The summed E-state index contributed by atoms with van der Waals surface area (Å²) < 4.78 is 50.3. The first-order valence-corrected chi connectivity index (χ1v) is 16.4. The lowest BCUT2D eigenvalue weighted by Gasteiger charge is -2.10. The molecule has 0 bridgehead atoms. The van der Waals surface area contributed by atoms with Gasteiger partial charge in [-0.3, -0.25) is 0 Å². The van der Waals surface area contributed by atoms with Gasteiger partial charge in [-0.1, -0.05) is 24.6 Å². The van der Waals surface area contributed by atoms with Gasteiger partial charge in [0.05, 0.1) is 18.2 Å². The van der Waals surface area contributed by atoms with Gasteiger partial charge < -0.3 is 29.1 Å². The molecule has 0 spiro atoms. The van der Waals surface area contributed by atoms with Gasteiger partial charge in [0.2, 0.25) is 5.89 Å². The van der Waals surface area contributed by atoms with Crippen LogP contribution in [-0.2, 0) is 16.7 Å². The van der Waals surface area contributed by atoms with Crippen LogP contribution in [0.15, 0.2) is 113 Å². The Labute approximate surface area is 274 Å². The predicted molar refractivity (Wildman–Crippen MR) is 180 cm³/mol. The molecule has 0 aliphatic heterocycles. The zero-order chi connectivity index (χ0) is 32.9. The molecule has 0 atom stereocenters. The number of rotatable bonds is 11. The number of pyridine rings is 1. The number of oxazole rings is 1. The smallest absolute Gasteiger partial charge is 0.227 e. The summed E-state index contributed by atoms with van der Waals surface area (Å²) >= 11 is 5.26. The molecular formula is C34H36N4O6S2. The van der Waals surface area contributed by atoms with Crippen LogP contribution in [0.4, 0.5) is 5.69 Å². The van der Waals surface area contributed by atoms with Crippen LogP contribution in [0.2, 0.25) is 0 Å². The molecule has 5 rings (SSSR count). The Morgan fingerprint density at radius 2 is 1.59 bits per heavy atom. The number of hydrogen-bond donors (Lipinski definition) is 2. The number of methoxy groups -OCH3 is 1. The van der Waals surface area contributed by atoms with Crippen molar-refractivity contribution in [2.45, 2.75) is 31.7 Å². The second-order valence-corrected chi connectivity index (χ2v) is 11.9. The highest BCUT2D eigenvalue weighted by atomic mass is 32.2. The van der Waals surface area contributed by atoms with Gasteiger partial charge in [0.25, 0.3) is 0 Å². The Balaban J connectivity index is 0.000000369. The SMILES string of the molecule is CCCNC(=S)Nc1ccc(OCC[n+]2ccc(-c3ncc(-c4ccc(OC)cc4)o3)cc2)cc1.Cc1ccc(S(=O)(=O)[O-])cc1. The monoisotopic (exact) mass is 660 g/mol. The molecule has 0 fully saturated rings. The van der Waals surface area contributed by atoms with Crippen LogP contribution in [0.25, 0.3) is 22.8 Å². The Bertz CT molecular complexity index is 1790. The number of hydrogen-bond acceptors (Lipinski definition) is 8. The quantitative estimate of drug-likeness (QED) is 0.0992. The normalized spacial score (nSPS) is 10.8. The zero-order valence-electron chi connectivity index (χ0n) is 25.8. The topological polar surface area (TPSA) is 130 Å². The highest BCUT2D eigenvalue weighted by Crippen LogP contribution is 2.27. The number of benzene rings is 3. The summed E-state index contributed by atoms with van der Waals surface area (Å²) in [5.41, 5.74) is 3.72. The Morgan fingerprint density at radius 3 is 2.20 bits per heavy atom. The van der Waals surface area contributed by atoms with Crippen LogP contribution in [0, 0.1) is 6.92 Å². The molecule has 46 heavy (non-hydrogen) atoms. The molecule has 2 heterocycles. The molecule has 0 unspecified atom stereocenters. The summed E-state index contributed by atoms with van der Waals surface area (Å²) in [4.78, 5) is 4.25. The Hall–Kier alpha value is -4.78. The fourth-order valence-corrected chi connectivity index (χ4v) is 4.76. The lowest BCUT2D eigenvalue weighted by atomic mass is 10.2. The molecule has 0 saturated carbocycles. The van der Waals surface area contributed by atoms with Gasteiger partial charge in [-0.25, -0.2) is 18.0 Å². The number of thiocarbonyl (C=S) groups is 1. The molecule has 0 amide bonds. The molecule has 10 nitrogen and oxygen atoms in total. The van der Waals surface area contributed by atoms with Crippen molar-refractivity contribution in [2.24, 2.45) is 0 Å². The molecule has 2 N–H and O–H groups in total. The largest absolute Gasteiger partial charge is 0.744 e. The molecule has 2 aromatic heterocycles. The van der Waals surface area contributed by atoms with E-state index >= 15 is 0 Å². The minimum absolute atomic E-state index is 0.178. The minimum Gasteiger partial charge on any atom is -0.744 e. The molecule has 0 aliphatic carbocycles. The molecule has 12 heteroatoms. The first-order valence-electron chi connectivity index (χ1n) is 14.5. The van der Waals surface area contributed by atoms with Crippen molar-refractivity contribution in [2.75, 3.05) is 25.6 Å². The van der Waals surface area contributed by atoms with Crippen LogP contribution in [0.1, 0.15) is 18.9 Å². The highest BCUT2D eigenvalue weighted by molar-refractivity contribution is 7.85. The molecule has 5 aromatic rings. The highest BCUT2D eigenvalue weighted by Gasteiger charge is 2.11. The van der Waals surface area contributed by atoms with Gasteiger partial charge in [0.15, 0.2) is 29.8 Å². The van der Waals surface area contributed by atoms with Crippen molar-refractivity contribution in [1.82, 2.24) is 10.3 Å². The third-order valence-electron chi connectivity index (χ3n) is 6.59. The van der Waals surface area contributed by atoms with Crippen molar-refractivity contribution in [3.05, 3.63) is 109 Å². The van der Waals surface area contributed by atoms with Crippen molar-refractivity contribution >= 4 is 33.1 Å². The third-order valence-corrected chi connectivity index (χ3v) is 7.69. The third kappa shape index (κ3) is 10.4. The second kappa shape index (κ2) is 16.5. The van der Waals surface area contributed by atoms with Crippen molar-refractivity contribution in [1.29, 1.82) is 0 Å². The molecule has 3 aromatic carbocycles. The Kier molecular flexibility index (Phi) is 12.2. The zero-order valence-corrected chi connectivity index (χ0v) is 27.4. The van der Waals surface area contributed by atoms with Crippen LogP contribution in [0.5, 0.6) is 11.5 Å². The lowest BCUT2D eigenvalue weighted by molar-refractivity contribution is -0.697. The van der Waals surface area contributed by atoms with E-state index in [9.17, 15) is 13.0 Å². The van der Waals surface area contributed by atoms with E-state index in [0.29, 0.717) is 29.9 Å². The standard InChI is InChI=1S/C27H28N4O3S.C7H8O3S/c1-3-14-28-27(35)30-22-6-10-24(11-7-22)33-18-17-31-15-12-21(13-16-31)26-29-19-25(34-26)20-4-8-23(32-2)9-5-20;1-6-2-4-7(5-3-6)11(8,9)10/h4-13,15-16,19H,3,14,17-18H2,1-2H3,(H-,28,30,35);2-5H,1H3,(H,8,9,10). The van der Waals surface area contributed by atoms with E-state index in [0.717, 1.165) is 46.8 Å². The maximum Gasteiger partial charge on any atom is 0.227 e. The van der Waals surface area contributed by atoms with Gasteiger partial charge >= 0.3 is 0 Å². The second-order valence-electron chi connectivity index (χ2n) is 10.1. The van der Waals surface area contributed by atoms with Crippen LogP contribution in [0.3, 0.4) is 0 Å². The Morgan fingerprint density at radius 1 is 0.935 bits per heavy atom. The molecular weight excluding hydrogens is 625 g/mol. The summed E-state index contributed by atoms with van der Waals surface area (Å²) in [7, 11) is -2.62. The lowest BCUT2D eigenvalue weighted by Crippen LogP contribution is -2.35. The van der Waals surface area contributed by atoms with Crippen molar-refractivity contribution < 1.29 is 31.4 Å². The maximum atomic E-state index is 10.4. The summed E-state index contributed by atoms with van der Waals surface area (Å²) in [6, 6.07) is 25.2. The fourth-order valence-electron chi connectivity index (χ4n) is 4.07. The van der Waals surface area contributed by atoms with E-state index in [4.69, 9.17) is 26.1 Å². The van der Waals surface area contributed by atoms with Crippen molar-refractivity contribution in [3.8, 4) is 34.3 Å². The number of aryl methyl sites for hydroxylation is 1. The molecule has 240 valence electrons. The van der Waals surface area contributed by atoms with Crippen LogP contribution < -0.4 is 24.7 Å². The van der Waals surface area contributed by atoms with E-state index in [1.165, 1.54) is 12.1 Å². The van der Waals surface area contributed by atoms with E-state index < -0.39 is 10.1 Å². The first-order chi connectivity index (χ1) is 22.1. The van der Waals surface area contributed by atoms with Crippen LogP contribution >= 0.6 is 12.2 Å². The average molecular weight is 661 g/mol. The number of aromatic nitrogens is 2. The number of nitrogens with zero attached hydrogens (tertiary/aromatic N) is 2. The molecule has 0 radical (unpaired) electrons. The van der Waals surface area contributed by atoms with E-state index in [2.05, 4.69) is 27.1 Å². The maximum absolute atomic E-state index is 10.4. The van der Waals surface area contributed by atoms with Gasteiger partial charge in [-0.15, -0.1) is 0 Å². The van der Waals surface area contributed by atoms with E-state index in [-0.39, 0.29) is 4.90 Å². The van der Waals surface area contributed by atoms with Gasteiger partial charge in [0, 0.05) is 35.5 Å². The number of ether oxygens (including phenoxy) is 2. The number of nitrogens with one attached hydrogen (secondary N) is 2. The average Bonchev–Trinajstić information content (AvgIpc) is 3.56. The van der Waals surface area contributed by atoms with Gasteiger partial charge in [0.1, 0.15) is 28.2 Å². The summed E-state index contributed by atoms with van der Waals surface area (Å²) in [6.45, 7) is 6.04. The predicted octanol–water partition coefficient (Wildman–Crippen LogP) is 5.98. The number of anilines is 1. The van der Waals surface area contributed by atoms with Gasteiger partial charge in [-0.05, 0) is 86.2 Å². The summed E-state index contributed by atoms with van der Waals surface area (Å²) in [6.07, 6.45) is 6.75. The van der Waals surface area contributed by atoms with E-state index in [1.54, 1.807) is 25.4 Å². The molecule has 0 saturated heterocycles. The van der Waals surface area contributed by atoms with E-state index in [1.807, 2.05) is 80.0 Å². The fraction of sp³-hybridized carbons (Fsp3) is 0.206. The van der Waals surface area contributed by atoms with Crippen molar-refractivity contribution in [3.63, 3.8) is 0 Å². The summed E-state index contributed by atoms with van der Waals surface area (Å²) in [5, 5.41) is 6.94. The minimum atomic E-state index is -4.27. The molecule has 0 aliphatic rings. The first kappa shape index (κ1) is 34.1. The summed E-state index contributed by atoms with van der Waals surface area (Å²) in [5.74, 6) is 2.91. The van der Waals surface area contributed by atoms with Gasteiger partial charge in [-0.2, -0.15) is 0 Å². The van der Waals surface area contributed by atoms with Crippen LogP contribution in [-0.4, -0.2) is 43.3 Å².